The van der Waals surface area contributed by atoms with Crippen LogP contribution in [0.4, 0.5) is 0 Å². The van der Waals surface area contributed by atoms with Crippen molar-refractivity contribution in [1.82, 2.24) is 24.0 Å². The number of allylic oxidation sites excluding steroid dienone is 1. The Morgan fingerprint density at radius 3 is 2.47 bits per heavy atom. The molecule has 4 aromatic rings. The van der Waals surface area contributed by atoms with Crippen molar-refractivity contribution in [2.24, 2.45) is 0 Å². The molecule has 2 atom stereocenters. The van der Waals surface area contributed by atoms with E-state index in [4.69, 9.17) is 14.6 Å². The molecule has 5 heterocycles. The summed E-state index contributed by atoms with van der Waals surface area (Å²) in [6.45, 7) is 4.69. The molecule has 2 aromatic heterocycles. The fourth-order valence-corrected chi connectivity index (χ4v) is 9.79. The van der Waals surface area contributed by atoms with Crippen molar-refractivity contribution in [2.45, 2.75) is 108 Å². The first kappa shape index (κ1) is 34.4. The number of sulfonamides is 1. The molecule has 0 unspecified atom stereocenters. The van der Waals surface area contributed by atoms with Crippen LogP contribution in [0.25, 0.3) is 33.8 Å². The SMILES string of the molecule is COc1ccc2c(c1)C=C(c1c(C(=O)N3C[C@@H]4C[C@H]3CO4)cnn1C1CCC1)Cn1c-2c(C2CCCCC2)c2ccc(C(=O)NS(=O)(=O)C(C)C)cc21. The Labute approximate surface area is 310 Å². The molecule has 2 amide bonds. The van der Waals surface area contributed by atoms with Gasteiger partial charge in [-0.25, -0.2) is 13.1 Å². The lowest BCUT2D eigenvalue weighted by atomic mass is 9.81. The molecule has 2 bridgehead atoms. The Bertz CT molecular complexity index is 2280. The maximum atomic E-state index is 14.5. The summed E-state index contributed by atoms with van der Waals surface area (Å²) in [6, 6.07) is 12.1. The second-order valence-corrected chi connectivity index (χ2v) is 18.0. The minimum absolute atomic E-state index is 0.0109. The van der Waals surface area contributed by atoms with Gasteiger partial charge in [-0.05, 0) is 111 Å². The molecule has 278 valence electrons. The molecule has 1 N–H and O–H groups in total. The van der Waals surface area contributed by atoms with Crippen LogP contribution in [0.15, 0.2) is 42.6 Å². The molecule has 2 saturated carbocycles. The van der Waals surface area contributed by atoms with Crippen LogP contribution >= 0.6 is 0 Å². The lowest BCUT2D eigenvalue weighted by molar-refractivity contribution is 0.0258. The highest BCUT2D eigenvalue weighted by Crippen LogP contribution is 2.48. The number of rotatable bonds is 8. The molecule has 2 aromatic carbocycles. The van der Waals surface area contributed by atoms with Crippen LogP contribution in [0, 0.1) is 0 Å². The van der Waals surface area contributed by atoms with Crippen molar-refractivity contribution in [3.05, 3.63) is 70.5 Å². The molecule has 53 heavy (non-hydrogen) atoms. The minimum Gasteiger partial charge on any atom is -0.497 e. The molecule has 0 spiro atoms. The second kappa shape index (κ2) is 13.2. The lowest BCUT2D eigenvalue weighted by Gasteiger charge is -2.30. The van der Waals surface area contributed by atoms with Crippen LogP contribution < -0.4 is 9.46 Å². The van der Waals surface area contributed by atoms with E-state index in [1.807, 2.05) is 23.1 Å². The average Bonchev–Trinajstić information content (AvgIpc) is 3.92. The highest BCUT2D eigenvalue weighted by Gasteiger charge is 2.43. The number of likely N-dealkylation sites (tertiary alicyclic amines) is 1. The van der Waals surface area contributed by atoms with Gasteiger partial charge in [0.15, 0.2) is 0 Å². The predicted octanol–water partition coefficient (Wildman–Crippen LogP) is 6.92. The van der Waals surface area contributed by atoms with Crippen molar-refractivity contribution < 1.29 is 27.5 Å². The molecule has 0 radical (unpaired) electrons. The molecular weight excluding hydrogens is 691 g/mol. The quantitative estimate of drug-likeness (QED) is 0.208. The smallest absolute Gasteiger partial charge is 0.264 e. The lowest BCUT2D eigenvalue weighted by Crippen LogP contribution is -2.41. The third kappa shape index (κ3) is 5.80. The molecule has 3 aliphatic heterocycles. The first-order valence-corrected chi connectivity index (χ1v) is 20.8. The van der Waals surface area contributed by atoms with Crippen molar-refractivity contribution in [3.8, 4) is 17.0 Å². The highest BCUT2D eigenvalue weighted by atomic mass is 32.2. The molecule has 12 heteroatoms. The Hall–Kier alpha value is -4.42. The number of amides is 2. The van der Waals surface area contributed by atoms with Crippen LogP contribution in [0.5, 0.6) is 5.75 Å². The molecule has 5 aliphatic rings. The summed E-state index contributed by atoms with van der Waals surface area (Å²) in [5.41, 5.74) is 7.95. The minimum atomic E-state index is -3.83. The molecule has 9 rings (SSSR count). The maximum Gasteiger partial charge on any atom is 0.264 e. The number of hydrogen-bond acceptors (Lipinski definition) is 7. The molecular formula is C41H47N5O6S. The van der Waals surface area contributed by atoms with Gasteiger partial charge in [0.05, 0.1) is 66.8 Å². The Morgan fingerprint density at radius 2 is 1.79 bits per heavy atom. The molecule has 2 aliphatic carbocycles. The van der Waals surface area contributed by atoms with Crippen molar-refractivity contribution in [1.29, 1.82) is 0 Å². The number of morpholine rings is 1. The second-order valence-electron chi connectivity index (χ2n) is 15.8. The number of ether oxygens (including phenoxy) is 2. The number of fused-ring (bicyclic) bond motifs is 7. The van der Waals surface area contributed by atoms with Crippen molar-refractivity contribution >= 4 is 44.4 Å². The summed E-state index contributed by atoms with van der Waals surface area (Å²) < 4.78 is 43.8. The number of carbonyl (C=O) groups excluding carboxylic acids is 2. The summed E-state index contributed by atoms with van der Waals surface area (Å²) in [5.74, 6) is 0.406. The largest absolute Gasteiger partial charge is 0.497 e. The number of benzene rings is 2. The van der Waals surface area contributed by atoms with Crippen molar-refractivity contribution in [3.63, 3.8) is 0 Å². The van der Waals surface area contributed by atoms with Gasteiger partial charge in [-0.2, -0.15) is 5.10 Å². The van der Waals surface area contributed by atoms with Gasteiger partial charge in [-0.15, -0.1) is 0 Å². The van der Waals surface area contributed by atoms with Gasteiger partial charge >= 0.3 is 0 Å². The van der Waals surface area contributed by atoms with Crippen LogP contribution in [0.3, 0.4) is 0 Å². The van der Waals surface area contributed by atoms with Gasteiger partial charge in [0.1, 0.15) is 5.75 Å². The topological polar surface area (TPSA) is 125 Å². The van der Waals surface area contributed by atoms with Gasteiger partial charge in [-0.1, -0.05) is 25.3 Å². The monoisotopic (exact) mass is 737 g/mol. The first-order valence-electron chi connectivity index (χ1n) is 19.2. The van der Waals surface area contributed by atoms with E-state index in [9.17, 15) is 18.0 Å². The van der Waals surface area contributed by atoms with E-state index in [1.165, 1.54) is 12.0 Å². The van der Waals surface area contributed by atoms with E-state index in [0.29, 0.717) is 31.2 Å². The Kier molecular flexibility index (Phi) is 8.53. The van der Waals surface area contributed by atoms with Crippen molar-refractivity contribution in [2.75, 3.05) is 20.3 Å². The fourth-order valence-electron chi connectivity index (χ4n) is 9.18. The van der Waals surface area contributed by atoms with E-state index in [2.05, 4.69) is 32.2 Å². The van der Waals surface area contributed by atoms with Gasteiger partial charge in [-0.3, -0.25) is 14.3 Å². The van der Waals surface area contributed by atoms with E-state index in [1.54, 1.807) is 33.2 Å². The van der Waals surface area contributed by atoms with Gasteiger partial charge in [0.2, 0.25) is 10.0 Å². The van der Waals surface area contributed by atoms with Gasteiger partial charge in [0.25, 0.3) is 11.8 Å². The number of carbonyl (C=O) groups is 2. The highest BCUT2D eigenvalue weighted by molar-refractivity contribution is 7.90. The van der Waals surface area contributed by atoms with Crippen LogP contribution in [0.2, 0.25) is 0 Å². The van der Waals surface area contributed by atoms with E-state index >= 15 is 0 Å². The third-order valence-corrected chi connectivity index (χ3v) is 14.0. The summed E-state index contributed by atoms with van der Waals surface area (Å²) in [7, 11) is -2.16. The zero-order valence-electron chi connectivity index (χ0n) is 30.6. The van der Waals surface area contributed by atoms with Gasteiger partial charge < -0.3 is 18.9 Å². The zero-order valence-corrected chi connectivity index (χ0v) is 31.5. The number of hydrogen-bond donors (Lipinski definition) is 1. The van der Waals surface area contributed by atoms with E-state index in [0.717, 1.165) is 96.1 Å². The summed E-state index contributed by atoms with van der Waals surface area (Å²) in [4.78, 5) is 30.0. The van der Waals surface area contributed by atoms with Crippen LogP contribution in [0.1, 0.15) is 121 Å². The van der Waals surface area contributed by atoms with E-state index < -0.39 is 21.2 Å². The fraction of sp³-hybridized carbons (Fsp3) is 0.488. The molecule has 2 saturated heterocycles. The Morgan fingerprint density at radius 1 is 0.981 bits per heavy atom. The molecule has 4 fully saturated rings. The standard InChI is InChI=1S/C41H47N5O6S/c1-24(2)53(49,50)43-40(47)26-12-14-34-36(18-26)45-21-28(16-27-17-31(51-3)13-15-33(27)39(45)37(34)25-8-5-4-6-9-25)38-35(20-42-46(38)29-10-7-11-29)41(48)44-22-32-19-30(44)23-52-32/h12-18,20,24-25,29-30,32H,4-11,19,21-23H2,1-3H3,(H,43,47)/t30-,32-/m0/s1. The summed E-state index contributed by atoms with van der Waals surface area (Å²) in [6.07, 6.45) is 13.7. The number of methoxy groups -OCH3 is 1. The number of aromatic nitrogens is 3. The maximum absolute atomic E-state index is 14.5. The third-order valence-electron chi connectivity index (χ3n) is 12.3. The average molecular weight is 738 g/mol. The Balaban J connectivity index is 1.26. The zero-order chi connectivity index (χ0) is 36.6. The van der Waals surface area contributed by atoms with Gasteiger partial charge in [0, 0.05) is 28.6 Å². The number of nitrogens with zero attached hydrogens (tertiary/aromatic N) is 4. The normalized spacial score (nSPS) is 21.7. The summed E-state index contributed by atoms with van der Waals surface area (Å²) >= 11 is 0. The van der Waals surface area contributed by atoms with E-state index in [-0.39, 0.29) is 29.7 Å². The number of nitrogens with one attached hydrogen (secondary N) is 1. The molecule has 11 nitrogen and oxygen atoms in total. The summed E-state index contributed by atoms with van der Waals surface area (Å²) in [5, 5.41) is 5.24. The first-order chi connectivity index (χ1) is 25.6. The van der Waals surface area contributed by atoms with Crippen LogP contribution in [-0.4, -0.2) is 77.1 Å². The van der Waals surface area contributed by atoms with Crippen LogP contribution in [-0.2, 0) is 21.3 Å². The predicted molar refractivity (Wildman–Crippen MR) is 203 cm³/mol.